The number of benzene rings is 1. The van der Waals surface area contributed by atoms with E-state index in [2.05, 4.69) is 45.6 Å². The summed E-state index contributed by atoms with van der Waals surface area (Å²) in [5.41, 5.74) is 7.66. The minimum absolute atomic E-state index is 0.330. The zero-order valence-corrected chi connectivity index (χ0v) is 15.7. The molecule has 0 amide bonds. The third-order valence-corrected chi connectivity index (χ3v) is 5.99. The summed E-state index contributed by atoms with van der Waals surface area (Å²) in [4.78, 5) is 8.81. The second-order valence-corrected chi connectivity index (χ2v) is 7.85. The first-order chi connectivity index (χ1) is 12.7. The van der Waals surface area contributed by atoms with Crippen LogP contribution in [0.5, 0.6) is 0 Å². The van der Waals surface area contributed by atoms with Gasteiger partial charge in [-0.2, -0.15) is 0 Å². The van der Waals surface area contributed by atoms with Crippen molar-refractivity contribution < 1.29 is 4.39 Å². The maximum Gasteiger partial charge on any atom is 0.141 e. The Morgan fingerprint density at radius 1 is 1.19 bits per heavy atom. The third-order valence-electron chi connectivity index (χ3n) is 4.75. The van der Waals surface area contributed by atoms with Crippen LogP contribution in [0.1, 0.15) is 23.7 Å². The highest BCUT2D eigenvalue weighted by Gasteiger charge is 2.15. The summed E-state index contributed by atoms with van der Waals surface area (Å²) < 4.78 is 13.2. The second-order valence-electron chi connectivity index (χ2n) is 6.50. The standard InChI is InChI=1S/C21H21FN3P/c1-14-19(20-6-5-16(22)12-24-20)11-17(7-9-23-14)25-21-4-2-3-15-13-26-10-8-18(15)21/h2-7,11-12,25-26H,8-10,13H2,1H3. The zero-order chi connectivity index (χ0) is 17.9. The van der Waals surface area contributed by atoms with Crippen LogP contribution in [0.25, 0.3) is 5.57 Å². The normalized spacial score (nSPS) is 17.7. The Labute approximate surface area is 154 Å². The Bertz CT molecular complexity index is 913. The summed E-state index contributed by atoms with van der Waals surface area (Å²) in [6.45, 7) is 2.59. The van der Waals surface area contributed by atoms with Crippen LogP contribution >= 0.6 is 8.58 Å². The molecule has 5 heteroatoms. The molecule has 0 radical (unpaired) electrons. The van der Waals surface area contributed by atoms with Crippen LogP contribution in [0.15, 0.2) is 59.4 Å². The molecule has 132 valence electrons. The molecule has 1 aromatic heterocycles. The number of hydrogen-bond acceptors (Lipinski definition) is 3. The predicted octanol–water partition coefficient (Wildman–Crippen LogP) is 4.81. The number of anilines is 1. The van der Waals surface area contributed by atoms with Gasteiger partial charge in [-0.3, -0.25) is 9.98 Å². The van der Waals surface area contributed by atoms with Gasteiger partial charge in [0.1, 0.15) is 5.82 Å². The lowest BCUT2D eigenvalue weighted by Gasteiger charge is -2.20. The van der Waals surface area contributed by atoms with Gasteiger partial charge in [-0.05, 0) is 67.1 Å². The number of fused-ring (bicyclic) bond motifs is 1. The molecule has 0 aliphatic carbocycles. The Hall–Kier alpha value is -2.32. The number of hydrogen-bond donors (Lipinski definition) is 1. The Kier molecular flexibility index (Phi) is 4.94. The Morgan fingerprint density at radius 2 is 2.12 bits per heavy atom. The number of aromatic nitrogens is 1. The van der Waals surface area contributed by atoms with Crippen molar-refractivity contribution in [3.63, 3.8) is 0 Å². The first-order valence-electron chi connectivity index (χ1n) is 8.84. The van der Waals surface area contributed by atoms with Crippen LogP contribution in [-0.2, 0) is 12.6 Å². The first-order valence-corrected chi connectivity index (χ1v) is 10.3. The second kappa shape index (κ2) is 7.51. The lowest BCUT2D eigenvalue weighted by Crippen LogP contribution is -2.08. The van der Waals surface area contributed by atoms with Crippen LogP contribution in [0.4, 0.5) is 10.1 Å². The third kappa shape index (κ3) is 3.61. The highest BCUT2D eigenvalue weighted by molar-refractivity contribution is 7.37. The van der Waals surface area contributed by atoms with Crippen molar-refractivity contribution in [1.82, 2.24) is 4.98 Å². The number of pyridine rings is 1. The molecule has 0 fully saturated rings. The molecule has 1 N–H and O–H groups in total. The van der Waals surface area contributed by atoms with Crippen LogP contribution in [0.2, 0.25) is 0 Å². The van der Waals surface area contributed by atoms with Crippen molar-refractivity contribution >= 4 is 25.6 Å². The van der Waals surface area contributed by atoms with E-state index in [9.17, 15) is 4.39 Å². The maximum atomic E-state index is 13.2. The number of aliphatic imine (C=N–C) groups is 1. The molecule has 2 aliphatic heterocycles. The van der Waals surface area contributed by atoms with E-state index in [4.69, 9.17) is 0 Å². The van der Waals surface area contributed by atoms with Gasteiger partial charge < -0.3 is 5.32 Å². The summed E-state index contributed by atoms with van der Waals surface area (Å²) in [7, 11) is 1.03. The van der Waals surface area contributed by atoms with E-state index in [-0.39, 0.29) is 5.82 Å². The molecule has 0 spiro atoms. The van der Waals surface area contributed by atoms with Crippen LogP contribution < -0.4 is 5.32 Å². The lowest BCUT2D eigenvalue weighted by atomic mass is 10.0. The van der Waals surface area contributed by atoms with Gasteiger partial charge in [0, 0.05) is 22.7 Å². The molecule has 0 saturated heterocycles. The van der Waals surface area contributed by atoms with Crippen LogP contribution in [0, 0.1) is 5.82 Å². The van der Waals surface area contributed by atoms with Gasteiger partial charge in [0.2, 0.25) is 0 Å². The van der Waals surface area contributed by atoms with Gasteiger partial charge in [-0.1, -0.05) is 12.1 Å². The van der Waals surface area contributed by atoms with Gasteiger partial charge in [-0.15, -0.1) is 8.58 Å². The fourth-order valence-electron chi connectivity index (χ4n) is 3.37. The van der Waals surface area contributed by atoms with Crippen molar-refractivity contribution in [2.24, 2.45) is 4.99 Å². The molecule has 3 nitrogen and oxygen atoms in total. The molecule has 2 aliphatic rings. The van der Waals surface area contributed by atoms with Gasteiger partial charge >= 0.3 is 0 Å². The summed E-state index contributed by atoms with van der Waals surface area (Å²) >= 11 is 0. The molecular weight excluding hydrogens is 344 g/mol. The van der Waals surface area contributed by atoms with Gasteiger partial charge in [-0.25, -0.2) is 4.39 Å². The molecule has 1 aromatic carbocycles. The van der Waals surface area contributed by atoms with E-state index in [1.54, 1.807) is 6.07 Å². The quantitative estimate of drug-likeness (QED) is 0.793. The van der Waals surface area contributed by atoms with E-state index in [0.717, 1.165) is 37.7 Å². The largest absolute Gasteiger partial charge is 0.355 e. The molecule has 26 heavy (non-hydrogen) atoms. The van der Waals surface area contributed by atoms with E-state index >= 15 is 0 Å². The van der Waals surface area contributed by atoms with Crippen LogP contribution in [0.3, 0.4) is 0 Å². The highest BCUT2D eigenvalue weighted by atomic mass is 31.1. The SMILES string of the molecule is CC1=NCC=C(Nc2cccc3c2CCPC3)C=C1c1ccc(F)cn1. The average molecular weight is 365 g/mol. The van der Waals surface area contributed by atoms with Gasteiger partial charge in [0.25, 0.3) is 0 Å². The van der Waals surface area contributed by atoms with E-state index in [1.807, 2.05) is 6.92 Å². The minimum Gasteiger partial charge on any atom is -0.355 e. The number of nitrogens with zero attached hydrogens (tertiary/aromatic N) is 2. The van der Waals surface area contributed by atoms with Crippen molar-refractivity contribution in [3.8, 4) is 0 Å². The van der Waals surface area contributed by atoms with E-state index in [1.165, 1.54) is 41.4 Å². The summed E-state index contributed by atoms with van der Waals surface area (Å²) in [6, 6.07) is 9.66. The number of nitrogens with one attached hydrogen (secondary N) is 1. The number of allylic oxidation sites excluding steroid dienone is 2. The average Bonchev–Trinajstić information content (AvgIpc) is 2.84. The Balaban J connectivity index is 1.67. The fourth-order valence-corrected chi connectivity index (χ4v) is 4.58. The Morgan fingerprint density at radius 3 is 2.96 bits per heavy atom. The van der Waals surface area contributed by atoms with Crippen LogP contribution in [-0.4, -0.2) is 23.4 Å². The highest BCUT2D eigenvalue weighted by Crippen LogP contribution is 2.34. The summed E-state index contributed by atoms with van der Waals surface area (Å²) in [5.74, 6) is -0.330. The topological polar surface area (TPSA) is 37.3 Å². The van der Waals surface area contributed by atoms with Crippen molar-refractivity contribution in [2.45, 2.75) is 19.5 Å². The maximum absolute atomic E-state index is 13.2. The first kappa shape index (κ1) is 17.1. The van der Waals surface area contributed by atoms with Gasteiger partial charge in [0.05, 0.1) is 18.4 Å². The minimum atomic E-state index is -0.330. The molecule has 4 rings (SSSR count). The fraction of sp³-hybridized carbons (Fsp3) is 0.238. The van der Waals surface area contributed by atoms with Crippen molar-refractivity contribution in [3.05, 3.63) is 77.0 Å². The summed E-state index contributed by atoms with van der Waals surface area (Å²) in [6.07, 6.45) is 9.00. The molecule has 3 heterocycles. The zero-order valence-electron chi connectivity index (χ0n) is 14.7. The molecule has 1 atom stereocenters. The van der Waals surface area contributed by atoms with Gasteiger partial charge in [0.15, 0.2) is 0 Å². The number of rotatable bonds is 3. The lowest BCUT2D eigenvalue weighted by molar-refractivity contribution is 0.621. The molecule has 2 aromatic rings. The van der Waals surface area contributed by atoms with E-state index < -0.39 is 0 Å². The number of halogens is 1. The monoisotopic (exact) mass is 365 g/mol. The van der Waals surface area contributed by atoms with Crippen molar-refractivity contribution in [1.29, 1.82) is 0 Å². The molecular formula is C21H21FN3P. The smallest absolute Gasteiger partial charge is 0.141 e. The molecule has 1 unspecified atom stereocenters. The summed E-state index contributed by atoms with van der Waals surface area (Å²) in [5, 5.41) is 3.59. The molecule has 0 saturated carbocycles. The predicted molar refractivity (Wildman–Crippen MR) is 109 cm³/mol. The van der Waals surface area contributed by atoms with Crippen molar-refractivity contribution in [2.75, 3.05) is 18.0 Å². The molecule has 0 bridgehead atoms. The van der Waals surface area contributed by atoms with E-state index in [0.29, 0.717) is 6.54 Å².